The zero-order chi connectivity index (χ0) is 37.1. The Labute approximate surface area is 285 Å². The van der Waals surface area contributed by atoms with Gasteiger partial charge in [-0.2, -0.15) is 0 Å². The number of esters is 6. The van der Waals surface area contributed by atoms with Gasteiger partial charge in [-0.3, -0.25) is 38.9 Å². The van der Waals surface area contributed by atoms with Crippen LogP contribution in [-0.2, 0) is 77.8 Å². The van der Waals surface area contributed by atoms with E-state index in [-0.39, 0.29) is 25.3 Å². The van der Waals surface area contributed by atoms with Crippen LogP contribution in [0, 0.1) is 10.1 Å². The van der Waals surface area contributed by atoms with Gasteiger partial charge < -0.3 is 47.4 Å². The lowest BCUT2D eigenvalue weighted by atomic mass is 9.98. The average Bonchev–Trinajstić information content (AvgIpc) is 2.99. The minimum absolute atomic E-state index is 0.152. The van der Waals surface area contributed by atoms with Crippen molar-refractivity contribution in [2.24, 2.45) is 0 Å². The summed E-state index contributed by atoms with van der Waals surface area (Å²) >= 11 is 0. The highest BCUT2D eigenvalue weighted by Crippen LogP contribution is 2.32. The molecule has 0 aliphatic carbocycles. The van der Waals surface area contributed by atoms with E-state index in [0.717, 1.165) is 41.5 Å². The van der Waals surface area contributed by atoms with Gasteiger partial charge in [0.1, 0.15) is 11.9 Å². The van der Waals surface area contributed by atoms with Crippen LogP contribution in [0.5, 0.6) is 5.75 Å². The topological polar surface area (TPSA) is 238 Å². The van der Waals surface area contributed by atoms with Gasteiger partial charge >= 0.3 is 35.8 Å². The summed E-state index contributed by atoms with van der Waals surface area (Å²) in [6.07, 6.45) is -12.7. The highest BCUT2D eigenvalue weighted by atomic mass is 16.8. The molecule has 2 heterocycles. The molecule has 0 spiro atoms. The molecule has 9 atom stereocenters. The molecule has 19 nitrogen and oxygen atoms in total. The predicted molar refractivity (Wildman–Crippen MR) is 160 cm³/mol. The van der Waals surface area contributed by atoms with Gasteiger partial charge in [-0.1, -0.05) is 12.1 Å². The summed E-state index contributed by atoms with van der Waals surface area (Å²) in [5.41, 5.74) is 0.631. The summed E-state index contributed by atoms with van der Waals surface area (Å²) in [6, 6.07) is 6.13. The number of nitro groups is 1. The maximum Gasteiger partial charge on any atom is 0.303 e. The van der Waals surface area contributed by atoms with Crippen molar-refractivity contribution in [3.05, 3.63) is 39.9 Å². The molecule has 2 aliphatic rings. The van der Waals surface area contributed by atoms with Crippen molar-refractivity contribution in [3.63, 3.8) is 0 Å². The Morgan fingerprint density at radius 1 is 0.680 bits per heavy atom. The second-order valence-corrected chi connectivity index (χ2v) is 11.2. The Kier molecular flexibility index (Phi) is 14.4. The number of carbonyl (C=O) groups excluding carboxylic acids is 6. The Morgan fingerprint density at radius 3 is 1.68 bits per heavy atom. The van der Waals surface area contributed by atoms with Gasteiger partial charge in [-0.15, -0.1) is 0 Å². The van der Waals surface area contributed by atoms with Crippen molar-refractivity contribution in [3.8, 4) is 5.75 Å². The van der Waals surface area contributed by atoms with Crippen molar-refractivity contribution in [2.75, 3.05) is 19.8 Å². The number of hydrogen-bond donors (Lipinski definition) is 0. The van der Waals surface area contributed by atoms with Crippen LogP contribution < -0.4 is 4.74 Å². The fourth-order valence-electron chi connectivity index (χ4n) is 5.21. The van der Waals surface area contributed by atoms with E-state index in [1.165, 1.54) is 12.1 Å². The number of rotatable bonds is 14. The van der Waals surface area contributed by atoms with E-state index in [4.69, 9.17) is 47.4 Å². The molecule has 50 heavy (non-hydrogen) atoms. The molecule has 0 bridgehead atoms. The fraction of sp³-hybridized carbons (Fsp3) is 0.613. The molecule has 1 aromatic rings. The molecule has 0 radical (unpaired) electrons. The first-order valence-electron chi connectivity index (χ1n) is 15.3. The third kappa shape index (κ3) is 11.9. The number of ether oxygens (including phenoxy) is 10. The van der Waals surface area contributed by atoms with Crippen LogP contribution in [0.2, 0.25) is 0 Å². The highest BCUT2D eigenvalue weighted by molar-refractivity contribution is 5.69. The van der Waals surface area contributed by atoms with Gasteiger partial charge in [0.05, 0.1) is 13.2 Å². The Bertz CT molecular complexity index is 1400. The van der Waals surface area contributed by atoms with E-state index in [1.54, 1.807) is 12.1 Å². The molecule has 0 amide bonds. The first kappa shape index (κ1) is 39.6. The lowest BCUT2D eigenvalue weighted by Gasteiger charge is -2.45. The van der Waals surface area contributed by atoms with Gasteiger partial charge in [0.15, 0.2) is 36.8 Å². The third-order valence-electron chi connectivity index (χ3n) is 6.99. The molecule has 0 saturated carbocycles. The number of carbonyl (C=O) groups is 6. The van der Waals surface area contributed by atoms with Crippen LogP contribution in [0.4, 0.5) is 0 Å². The molecule has 3 rings (SSSR count). The molecule has 2 fully saturated rings. The van der Waals surface area contributed by atoms with Crippen molar-refractivity contribution < 1.29 is 81.1 Å². The molecule has 0 N–H and O–H groups in total. The zero-order valence-electron chi connectivity index (χ0n) is 28.1. The largest absolute Gasteiger partial charge is 0.461 e. The molecule has 0 unspecified atom stereocenters. The number of benzene rings is 1. The smallest absolute Gasteiger partial charge is 0.303 e. The second-order valence-electron chi connectivity index (χ2n) is 11.2. The number of hydrogen-bond acceptors (Lipinski definition) is 18. The van der Waals surface area contributed by atoms with Crippen LogP contribution in [0.3, 0.4) is 0 Å². The number of nitrogens with zero attached hydrogens (tertiary/aromatic N) is 1. The van der Waals surface area contributed by atoms with Gasteiger partial charge in [0.25, 0.3) is 0 Å². The van der Waals surface area contributed by atoms with E-state index in [9.17, 15) is 38.9 Å². The molecule has 19 heteroatoms. The lowest BCUT2D eigenvalue weighted by molar-refractivity contribution is -0.479. The minimum Gasteiger partial charge on any atom is -0.461 e. The van der Waals surface area contributed by atoms with Crippen molar-refractivity contribution >= 4 is 35.8 Å². The van der Waals surface area contributed by atoms with Crippen LogP contribution in [0.15, 0.2) is 24.3 Å². The lowest BCUT2D eigenvalue weighted by Crippen LogP contribution is -2.64. The average molecular weight is 714 g/mol. The summed E-state index contributed by atoms with van der Waals surface area (Å²) in [4.78, 5) is 82.8. The van der Waals surface area contributed by atoms with Gasteiger partial charge in [-0.25, -0.2) is 0 Å². The van der Waals surface area contributed by atoms with Crippen LogP contribution in [0.25, 0.3) is 0 Å². The van der Waals surface area contributed by atoms with Gasteiger partial charge in [-0.05, 0) is 17.7 Å². The van der Waals surface area contributed by atoms with E-state index in [0.29, 0.717) is 5.56 Å². The molecular formula is C31H39NO18. The van der Waals surface area contributed by atoms with Crippen LogP contribution in [0.1, 0.15) is 47.1 Å². The summed E-state index contributed by atoms with van der Waals surface area (Å²) in [6.45, 7) is 5.33. The van der Waals surface area contributed by atoms with Crippen molar-refractivity contribution in [2.45, 2.75) is 103 Å². The highest BCUT2D eigenvalue weighted by Gasteiger charge is 2.54. The molecule has 276 valence electrons. The van der Waals surface area contributed by atoms with Gasteiger partial charge in [0, 0.05) is 52.9 Å². The third-order valence-corrected chi connectivity index (χ3v) is 6.99. The Balaban J connectivity index is 1.96. The molecule has 2 aliphatic heterocycles. The first-order valence-corrected chi connectivity index (χ1v) is 15.3. The standard InChI is InChI=1S/C31H39NO18/c1-15(33)43-23-13-41-30(28(47-19(5)37)26(23)45-17(3)35)42-14-24-25(44-16(2)34)27(46-18(4)36)29(48-20(6)38)31(50-24)49-22-9-7-21(8-10-22)11-12-32(39)40/h7-10,23-31H,11-14H2,1-6H3/t23-,24+,25+,26-,27-,28+,29+,30-,31+/m0/s1. The van der Waals surface area contributed by atoms with Gasteiger partial charge in [0.2, 0.25) is 18.9 Å². The fourth-order valence-corrected chi connectivity index (χ4v) is 5.21. The molecule has 2 saturated heterocycles. The normalized spacial score (nSPS) is 27.5. The second kappa shape index (κ2) is 18.2. The molecule has 0 aromatic heterocycles. The quantitative estimate of drug-likeness (QED) is 0.111. The SMILES string of the molecule is CC(=O)O[C@@H]1[C@@H](OC(C)=O)[C@H](Oc2ccc(CC[N+](=O)[O-])cc2)O[C@H](CO[C@@H]2OC[C@H](OC(C)=O)[C@H](OC(C)=O)[C@H]2OC(C)=O)[C@H]1OC(C)=O. The van der Waals surface area contributed by atoms with E-state index in [2.05, 4.69) is 0 Å². The van der Waals surface area contributed by atoms with E-state index < -0.39 is 103 Å². The maximum atomic E-state index is 12.3. The summed E-state index contributed by atoms with van der Waals surface area (Å²) in [5.74, 6) is -4.68. The summed E-state index contributed by atoms with van der Waals surface area (Å²) < 4.78 is 56.1. The molecular weight excluding hydrogens is 674 g/mol. The summed E-state index contributed by atoms with van der Waals surface area (Å²) in [5, 5.41) is 10.8. The Morgan fingerprint density at radius 2 is 1.16 bits per heavy atom. The minimum atomic E-state index is -1.52. The van der Waals surface area contributed by atoms with E-state index >= 15 is 0 Å². The van der Waals surface area contributed by atoms with Crippen LogP contribution in [-0.4, -0.2) is 116 Å². The predicted octanol–water partition coefficient (Wildman–Crippen LogP) is 0.573. The monoisotopic (exact) mass is 713 g/mol. The summed E-state index contributed by atoms with van der Waals surface area (Å²) in [7, 11) is 0. The maximum absolute atomic E-state index is 12.3. The zero-order valence-corrected chi connectivity index (χ0v) is 28.1. The first-order chi connectivity index (χ1) is 23.5. The van der Waals surface area contributed by atoms with E-state index in [1.807, 2.05) is 0 Å². The molecule has 1 aromatic carbocycles. The Hall–Kier alpha value is -4.88. The van der Waals surface area contributed by atoms with Crippen LogP contribution >= 0.6 is 0 Å². The van der Waals surface area contributed by atoms with Crippen molar-refractivity contribution in [1.82, 2.24) is 0 Å². The van der Waals surface area contributed by atoms with Crippen molar-refractivity contribution in [1.29, 1.82) is 0 Å².